The van der Waals surface area contributed by atoms with Crippen molar-refractivity contribution in [2.75, 3.05) is 0 Å². The lowest BCUT2D eigenvalue weighted by atomic mass is 10.0. The Bertz CT molecular complexity index is 1050. The SMILES string of the molecule is CC(=O)c1ccc(OCc2cccc(-c3cccc(C(=O)O)c3)c2)c(C)c1O. The lowest BCUT2D eigenvalue weighted by molar-refractivity contribution is 0.0696. The number of aromatic hydroxyl groups is 1. The fraction of sp³-hybridized carbons (Fsp3) is 0.130. The molecule has 0 unspecified atom stereocenters. The Morgan fingerprint density at radius 1 is 0.964 bits per heavy atom. The first-order valence-electron chi connectivity index (χ1n) is 8.76. The zero-order valence-corrected chi connectivity index (χ0v) is 15.6. The smallest absolute Gasteiger partial charge is 0.335 e. The second kappa shape index (κ2) is 7.96. The number of carboxylic acid groups (broad SMARTS) is 1. The van der Waals surface area contributed by atoms with Gasteiger partial charge in [-0.3, -0.25) is 4.79 Å². The monoisotopic (exact) mass is 376 g/mol. The average Bonchev–Trinajstić information content (AvgIpc) is 2.69. The van der Waals surface area contributed by atoms with Crippen LogP contribution in [0.5, 0.6) is 11.5 Å². The minimum absolute atomic E-state index is 0.0655. The maximum Gasteiger partial charge on any atom is 0.335 e. The van der Waals surface area contributed by atoms with Gasteiger partial charge in [-0.1, -0.05) is 30.3 Å². The molecule has 142 valence electrons. The fourth-order valence-corrected chi connectivity index (χ4v) is 2.96. The van der Waals surface area contributed by atoms with Gasteiger partial charge in [0.15, 0.2) is 5.78 Å². The van der Waals surface area contributed by atoms with Crippen LogP contribution in [0.2, 0.25) is 0 Å². The molecule has 0 amide bonds. The summed E-state index contributed by atoms with van der Waals surface area (Å²) < 4.78 is 5.83. The minimum atomic E-state index is -0.967. The molecule has 0 radical (unpaired) electrons. The summed E-state index contributed by atoms with van der Waals surface area (Å²) in [5, 5.41) is 19.3. The van der Waals surface area contributed by atoms with Crippen molar-refractivity contribution in [2.24, 2.45) is 0 Å². The number of Topliss-reactive ketones (excluding diaryl/α,β-unsaturated/α-hetero) is 1. The van der Waals surface area contributed by atoms with Crippen LogP contribution in [0, 0.1) is 6.92 Å². The van der Waals surface area contributed by atoms with E-state index in [0.29, 0.717) is 11.3 Å². The molecule has 0 aliphatic carbocycles. The summed E-state index contributed by atoms with van der Waals surface area (Å²) in [6.07, 6.45) is 0. The van der Waals surface area contributed by atoms with Crippen LogP contribution in [-0.2, 0) is 6.61 Å². The highest BCUT2D eigenvalue weighted by Gasteiger charge is 2.13. The maximum absolute atomic E-state index is 11.5. The van der Waals surface area contributed by atoms with E-state index in [0.717, 1.165) is 16.7 Å². The summed E-state index contributed by atoms with van der Waals surface area (Å²) in [7, 11) is 0. The summed E-state index contributed by atoms with van der Waals surface area (Å²) in [5.74, 6) is -0.737. The second-order valence-corrected chi connectivity index (χ2v) is 6.52. The summed E-state index contributed by atoms with van der Waals surface area (Å²) in [6.45, 7) is 3.37. The number of benzene rings is 3. The molecule has 3 rings (SSSR count). The molecule has 0 atom stereocenters. The van der Waals surface area contributed by atoms with Crippen molar-refractivity contribution in [1.29, 1.82) is 0 Å². The summed E-state index contributed by atoms with van der Waals surface area (Å²) in [6, 6.07) is 17.6. The van der Waals surface area contributed by atoms with Gasteiger partial charge in [-0.05, 0) is 60.9 Å². The number of ether oxygens (including phenoxy) is 1. The lowest BCUT2D eigenvalue weighted by Crippen LogP contribution is -2.00. The predicted molar refractivity (Wildman–Crippen MR) is 106 cm³/mol. The first kappa shape index (κ1) is 19.2. The molecule has 0 aromatic heterocycles. The second-order valence-electron chi connectivity index (χ2n) is 6.52. The van der Waals surface area contributed by atoms with Crippen molar-refractivity contribution in [2.45, 2.75) is 20.5 Å². The molecule has 3 aromatic rings. The fourth-order valence-electron chi connectivity index (χ4n) is 2.96. The third-order valence-electron chi connectivity index (χ3n) is 4.52. The lowest BCUT2D eigenvalue weighted by Gasteiger charge is -2.13. The number of hydrogen-bond donors (Lipinski definition) is 2. The van der Waals surface area contributed by atoms with Crippen LogP contribution in [0.3, 0.4) is 0 Å². The van der Waals surface area contributed by atoms with Crippen molar-refractivity contribution >= 4 is 11.8 Å². The number of phenols is 1. The van der Waals surface area contributed by atoms with E-state index < -0.39 is 5.97 Å². The molecule has 0 saturated heterocycles. The van der Waals surface area contributed by atoms with Gasteiger partial charge in [-0.15, -0.1) is 0 Å². The van der Waals surface area contributed by atoms with Crippen molar-refractivity contribution in [3.8, 4) is 22.6 Å². The zero-order chi connectivity index (χ0) is 20.3. The van der Waals surface area contributed by atoms with Gasteiger partial charge in [0.1, 0.15) is 18.1 Å². The van der Waals surface area contributed by atoms with Crippen LogP contribution in [0.15, 0.2) is 60.7 Å². The Kier molecular flexibility index (Phi) is 5.45. The van der Waals surface area contributed by atoms with Crippen molar-refractivity contribution in [1.82, 2.24) is 0 Å². The number of carboxylic acids is 1. The number of aromatic carboxylic acids is 1. The molecule has 5 nitrogen and oxygen atoms in total. The molecular weight excluding hydrogens is 356 g/mol. The van der Waals surface area contributed by atoms with Gasteiger partial charge in [0.25, 0.3) is 0 Å². The highest BCUT2D eigenvalue weighted by Crippen LogP contribution is 2.31. The number of rotatable bonds is 6. The summed E-state index contributed by atoms with van der Waals surface area (Å²) in [5.41, 5.74) is 3.60. The third-order valence-corrected chi connectivity index (χ3v) is 4.52. The van der Waals surface area contributed by atoms with Crippen LogP contribution in [0.1, 0.15) is 38.8 Å². The number of hydrogen-bond acceptors (Lipinski definition) is 4. The molecule has 5 heteroatoms. The van der Waals surface area contributed by atoms with Crippen LogP contribution in [0.4, 0.5) is 0 Å². The predicted octanol–water partition coefficient (Wildman–Crippen LogP) is 4.85. The molecule has 2 N–H and O–H groups in total. The molecule has 0 spiro atoms. The molecule has 3 aromatic carbocycles. The first-order chi connectivity index (χ1) is 13.4. The Labute approximate surface area is 162 Å². The van der Waals surface area contributed by atoms with Gasteiger partial charge in [-0.25, -0.2) is 4.79 Å². The van der Waals surface area contributed by atoms with Gasteiger partial charge in [0.05, 0.1) is 11.1 Å². The largest absolute Gasteiger partial charge is 0.507 e. The zero-order valence-electron chi connectivity index (χ0n) is 15.6. The first-order valence-corrected chi connectivity index (χ1v) is 8.76. The minimum Gasteiger partial charge on any atom is -0.507 e. The molecular formula is C23H20O5. The number of carbonyl (C=O) groups excluding carboxylic acids is 1. The average molecular weight is 376 g/mol. The van der Waals surface area contributed by atoms with Crippen molar-refractivity contribution in [3.05, 3.63) is 82.9 Å². The summed E-state index contributed by atoms with van der Waals surface area (Å²) in [4.78, 5) is 22.7. The molecule has 0 aliphatic rings. The van der Waals surface area contributed by atoms with E-state index in [-0.39, 0.29) is 29.3 Å². The highest BCUT2D eigenvalue weighted by atomic mass is 16.5. The highest BCUT2D eigenvalue weighted by molar-refractivity contribution is 5.97. The number of carbonyl (C=O) groups is 2. The van der Waals surface area contributed by atoms with E-state index in [1.165, 1.54) is 6.92 Å². The van der Waals surface area contributed by atoms with Gasteiger partial charge in [-0.2, -0.15) is 0 Å². The third kappa shape index (κ3) is 4.04. The van der Waals surface area contributed by atoms with E-state index in [4.69, 9.17) is 9.84 Å². The van der Waals surface area contributed by atoms with Gasteiger partial charge < -0.3 is 14.9 Å². The van der Waals surface area contributed by atoms with E-state index in [2.05, 4.69) is 0 Å². The van der Waals surface area contributed by atoms with Crippen LogP contribution >= 0.6 is 0 Å². The Balaban J connectivity index is 1.81. The molecule has 0 fully saturated rings. The Morgan fingerprint density at radius 3 is 2.32 bits per heavy atom. The van der Waals surface area contributed by atoms with E-state index >= 15 is 0 Å². The standard InChI is InChI=1S/C23H20O5/c1-14-21(10-9-20(15(2)24)22(14)25)28-13-16-5-3-6-17(11-16)18-7-4-8-19(12-18)23(26)27/h3-12,25H,13H2,1-2H3,(H,26,27). The number of phenolic OH excluding ortho intramolecular Hbond substituents is 1. The summed E-state index contributed by atoms with van der Waals surface area (Å²) >= 11 is 0. The Hall–Kier alpha value is -3.60. The quantitative estimate of drug-likeness (QED) is 0.601. The molecule has 0 heterocycles. The number of ketones is 1. The van der Waals surface area contributed by atoms with Crippen LogP contribution in [0.25, 0.3) is 11.1 Å². The van der Waals surface area contributed by atoms with Gasteiger partial charge >= 0.3 is 5.97 Å². The van der Waals surface area contributed by atoms with E-state index in [9.17, 15) is 14.7 Å². The molecule has 0 saturated carbocycles. The van der Waals surface area contributed by atoms with Gasteiger partial charge in [0.2, 0.25) is 0 Å². The van der Waals surface area contributed by atoms with Crippen molar-refractivity contribution < 1.29 is 24.5 Å². The van der Waals surface area contributed by atoms with E-state index in [1.54, 1.807) is 37.3 Å². The van der Waals surface area contributed by atoms with Gasteiger partial charge in [0, 0.05) is 5.56 Å². The van der Waals surface area contributed by atoms with Crippen LogP contribution < -0.4 is 4.74 Å². The topological polar surface area (TPSA) is 83.8 Å². The van der Waals surface area contributed by atoms with Crippen molar-refractivity contribution in [3.63, 3.8) is 0 Å². The van der Waals surface area contributed by atoms with Crippen LogP contribution in [-0.4, -0.2) is 22.0 Å². The normalized spacial score (nSPS) is 10.5. The van der Waals surface area contributed by atoms with E-state index in [1.807, 2.05) is 30.3 Å². The molecule has 28 heavy (non-hydrogen) atoms. The Morgan fingerprint density at radius 2 is 1.64 bits per heavy atom. The molecule has 0 bridgehead atoms. The maximum atomic E-state index is 11.5. The molecule has 0 aliphatic heterocycles.